The summed E-state index contributed by atoms with van der Waals surface area (Å²) in [6.07, 6.45) is 6.44. The molecule has 4 heterocycles. The van der Waals surface area contributed by atoms with E-state index < -0.39 is 0 Å². The smallest absolute Gasteiger partial charge is 0.163 e. The average Bonchev–Trinajstić information content (AvgIpc) is 3.66. The zero-order valence-electron chi connectivity index (χ0n) is 20.0. The number of piperidine rings is 1. The van der Waals surface area contributed by atoms with Crippen LogP contribution in [-0.4, -0.2) is 50.4 Å². The third kappa shape index (κ3) is 4.76. The van der Waals surface area contributed by atoms with Crippen LogP contribution in [0.15, 0.2) is 54.9 Å². The number of anilines is 2. The SMILES string of the molecule is O[C@H]1CNCC[C@@H]1CNc1cc(NCc2ccc(-c3ccccn3)c(F)c2)n2ncc(C3CC3)c2n1. The van der Waals surface area contributed by atoms with Crippen molar-refractivity contribution < 1.29 is 9.50 Å². The first-order chi connectivity index (χ1) is 17.7. The van der Waals surface area contributed by atoms with E-state index in [0.717, 1.165) is 54.2 Å². The van der Waals surface area contributed by atoms with Crippen molar-refractivity contribution in [2.24, 2.45) is 5.92 Å². The van der Waals surface area contributed by atoms with Gasteiger partial charge >= 0.3 is 0 Å². The lowest BCUT2D eigenvalue weighted by molar-refractivity contribution is 0.0883. The summed E-state index contributed by atoms with van der Waals surface area (Å²) in [5, 5.41) is 25.0. The van der Waals surface area contributed by atoms with Gasteiger partial charge in [-0.1, -0.05) is 12.1 Å². The molecule has 2 fully saturated rings. The number of aliphatic hydroxyl groups is 1. The number of nitrogens with zero attached hydrogens (tertiary/aromatic N) is 4. The van der Waals surface area contributed by atoms with Gasteiger partial charge < -0.3 is 21.1 Å². The number of benzene rings is 1. The molecule has 1 aliphatic heterocycles. The summed E-state index contributed by atoms with van der Waals surface area (Å²) < 4.78 is 16.7. The zero-order valence-corrected chi connectivity index (χ0v) is 20.0. The van der Waals surface area contributed by atoms with E-state index in [-0.39, 0.29) is 17.8 Å². The molecule has 1 saturated heterocycles. The summed E-state index contributed by atoms with van der Waals surface area (Å²) in [5.41, 5.74) is 3.92. The van der Waals surface area contributed by atoms with Gasteiger partial charge in [-0.3, -0.25) is 4.98 Å². The second kappa shape index (κ2) is 9.83. The molecule has 2 atom stereocenters. The molecule has 8 nitrogen and oxygen atoms in total. The Balaban J connectivity index is 1.23. The molecule has 36 heavy (non-hydrogen) atoms. The predicted octanol–water partition coefficient (Wildman–Crippen LogP) is 3.80. The van der Waals surface area contributed by atoms with Gasteiger partial charge in [-0.05, 0) is 61.6 Å². The largest absolute Gasteiger partial charge is 0.391 e. The number of β-amino-alcohol motifs (C(OH)–C–C–N with tert-alkyl or cyclic N) is 1. The van der Waals surface area contributed by atoms with Crippen LogP contribution in [0.5, 0.6) is 0 Å². The number of pyridine rings is 1. The fourth-order valence-electron chi connectivity index (χ4n) is 4.84. The summed E-state index contributed by atoms with van der Waals surface area (Å²) in [6.45, 7) is 2.62. The molecule has 6 rings (SSSR count). The Morgan fingerprint density at radius 3 is 2.81 bits per heavy atom. The van der Waals surface area contributed by atoms with Gasteiger partial charge in [0.1, 0.15) is 17.5 Å². The quantitative estimate of drug-likeness (QED) is 0.300. The Labute approximate surface area is 209 Å². The number of hydrogen-bond acceptors (Lipinski definition) is 7. The zero-order chi connectivity index (χ0) is 24.5. The van der Waals surface area contributed by atoms with Crippen LogP contribution in [0.1, 0.15) is 36.3 Å². The molecule has 0 amide bonds. The van der Waals surface area contributed by atoms with Crippen molar-refractivity contribution in [3.8, 4) is 11.3 Å². The van der Waals surface area contributed by atoms with Crippen LogP contribution < -0.4 is 16.0 Å². The van der Waals surface area contributed by atoms with Crippen molar-refractivity contribution in [3.05, 3.63) is 71.8 Å². The van der Waals surface area contributed by atoms with E-state index in [1.807, 2.05) is 35.0 Å². The van der Waals surface area contributed by atoms with Crippen molar-refractivity contribution in [3.63, 3.8) is 0 Å². The number of fused-ring (bicyclic) bond motifs is 1. The summed E-state index contributed by atoms with van der Waals surface area (Å²) in [5.74, 6) is 1.92. The Morgan fingerprint density at radius 2 is 2.03 bits per heavy atom. The van der Waals surface area contributed by atoms with Crippen LogP contribution in [0.3, 0.4) is 0 Å². The topological polar surface area (TPSA) is 99.4 Å². The van der Waals surface area contributed by atoms with Gasteiger partial charge in [-0.15, -0.1) is 0 Å². The fourth-order valence-corrected chi connectivity index (χ4v) is 4.84. The highest BCUT2D eigenvalue weighted by atomic mass is 19.1. The number of rotatable bonds is 8. The molecule has 1 aliphatic carbocycles. The Hall–Kier alpha value is -3.56. The lowest BCUT2D eigenvalue weighted by Crippen LogP contribution is -2.43. The third-order valence-electron chi connectivity index (χ3n) is 7.10. The van der Waals surface area contributed by atoms with Crippen LogP contribution >= 0.6 is 0 Å². The van der Waals surface area contributed by atoms with Crippen molar-refractivity contribution in [2.75, 3.05) is 30.3 Å². The molecule has 0 radical (unpaired) electrons. The summed E-state index contributed by atoms with van der Waals surface area (Å²) in [7, 11) is 0. The standard InChI is InChI=1S/C27H30FN7O/c28-22-11-17(4-7-20(22)23-3-1-2-9-30-23)13-32-26-12-25(31-14-19-8-10-29-16-24(19)36)34-27-21(18-5-6-18)15-33-35(26)27/h1-4,7,9,11-12,15,18-19,24,29,32,36H,5-6,8,10,13-14,16H2,(H,31,34)/t19-,24+/m1/s1. The van der Waals surface area contributed by atoms with Gasteiger partial charge in [0, 0.05) is 48.9 Å². The first kappa shape index (κ1) is 22.9. The first-order valence-electron chi connectivity index (χ1n) is 12.6. The molecule has 1 aromatic carbocycles. The number of halogens is 1. The Morgan fingerprint density at radius 1 is 1.11 bits per heavy atom. The third-order valence-corrected chi connectivity index (χ3v) is 7.10. The minimum Gasteiger partial charge on any atom is -0.391 e. The van der Waals surface area contributed by atoms with E-state index in [2.05, 4.69) is 26.0 Å². The van der Waals surface area contributed by atoms with Crippen molar-refractivity contribution in [2.45, 2.75) is 37.8 Å². The van der Waals surface area contributed by atoms with Gasteiger partial charge in [0.2, 0.25) is 0 Å². The van der Waals surface area contributed by atoms with Gasteiger partial charge in [-0.2, -0.15) is 9.61 Å². The van der Waals surface area contributed by atoms with Crippen LogP contribution in [0.4, 0.5) is 16.0 Å². The summed E-state index contributed by atoms with van der Waals surface area (Å²) in [4.78, 5) is 9.12. The maximum Gasteiger partial charge on any atom is 0.163 e. The first-order valence-corrected chi connectivity index (χ1v) is 12.6. The van der Waals surface area contributed by atoms with Crippen LogP contribution in [0, 0.1) is 11.7 Å². The summed E-state index contributed by atoms with van der Waals surface area (Å²) >= 11 is 0. The van der Waals surface area contributed by atoms with Gasteiger partial charge in [-0.25, -0.2) is 9.37 Å². The number of hydrogen-bond donors (Lipinski definition) is 4. The van der Waals surface area contributed by atoms with E-state index >= 15 is 0 Å². The second-order valence-electron chi connectivity index (χ2n) is 9.72. The maximum atomic E-state index is 14.9. The van der Waals surface area contributed by atoms with Gasteiger partial charge in [0.05, 0.1) is 18.0 Å². The lowest BCUT2D eigenvalue weighted by Gasteiger charge is -2.28. The maximum absolute atomic E-state index is 14.9. The Bertz CT molecular complexity index is 1360. The molecule has 1 saturated carbocycles. The number of aliphatic hydroxyl groups excluding tert-OH is 1. The molecule has 186 valence electrons. The molecular weight excluding hydrogens is 457 g/mol. The van der Waals surface area contributed by atoms with E-state index in [9.17, 15) is 9.50 Å². The fraction of sp³-hybridized carbons (Fsp3) is 0.370. The molecule has 4 aromatic rings. The molecule has 0 bridgehead atoms. The van der Waals surface area contributed by atoms with E-state index in [1.165, 1.54) is 0 Å². The summed E-state index contributed by atoms with van der Waals surface area (Å²) in [6, 6.07) is 12.6. The van der Waals surface area contributed by atoms with Gasteiger partial charge in [0.15, 0.2) is 5.65 Å². The highest BCUT2D eigenvalue weighted by Crippen LogP contribution is 2.42. The molecule has 2 aliphatic rings. The van der Waals surface area contributed by atoms with Crippen LogP contribution in [0.25, 0.3) is 16.9 Å². The van der Waals surface area contributed by atoms with Crippen LogP contribution in [0.2, 0.25) is 0 Å². The molecule has 9 heteroatoms. The minimum absolute atomic E-state index is 0.175. The second-order valence-corrected chi connectivity index (χ2v) is 9.72. The van der Waals surface area contributed by atoms with Crippen molar-refractivity contribution in [1.82, 2.24) is 24.9 Å². The monoisotopic (exact) mass is 487 g/mol. The van der Waals surface area contributed by atoms with Crippen LogP contribution in [-0.2, 0) is 6.54 Å². The average molecular weight is 488 g/mol. The van der Waals surface area contributed by atoms with Crippen molar-refractivity contribution in [1.29, 1.82) is 0 Å². The van der Waals surface area contributed by atoms with E-state index in [0.29, 0.717) is 36.8 Å². The van der Waals surface area contributed by atoms with Crippen molar-refractivity contribution >= 4 is 17.3 Å². The number of aromatic nitrogens is 4. The predicted molar refractivity (Wildman–Crippen MR) is 137 cm³/mol. The molecular formula is C27H30FN7O. The molecule has 3 aromatic heterocycles. The Kier molecular flexibility index (Phi) is 6.25. The normalized spacial score (nSPS) is 19.9. The highest BCUT2D eigenvalue weighted by Gasteiger charge is 2.28. The molecule has 0 unspecified atom stereocenters. The number of nitrogens with one attached hydrogen (secondary N) is 3. The van der Waals surface area contributed by atoms with E-state index in [4.69, 9.17) is 4.98 Å². The van der Waals surface area contributed by atoms with Gasteiger partial charge in [0.25, 0.3) is 0 Å². The van der Waals surface area contributed by atoms with E-state index in [1.54, 1.807) is 24.4 Å². The molecule has 0 spiro atoms. The molecule has 4 N–H and O–H groups in total. The minimum atomic E-state index is -0.367. The highest BCUT2D eigenvalue weighted by molar-refractivity contribution is 5.62. The lowest BCUT2D eigenvalue weighted by atomic mass is 9.95.